The fraction of sp³-hybridized carbons (Fsp3) is 0.133. The topological polar surface area (TPSA) is 0 Å². The van der Waals surface area contributed by atoms with Gasteiger partial charge in [-0.3, -0.25) is 8.22 Å². The minimum atomic E-state index is -3.64. The molecular formula is C30H28F2Si2. The van der Waals surface area contributed by atoms with Crippen molar-refractivity contribution in [3.8, 4) is 11.1 Å². The standard InChI is InChI=1S/C30H28F2Si2/c31-33(23-27-13-5-1-6-14-27,24-28-15-7-2-8-16-28)21-22-34(32,25-29-17-9-3-10-18-29)26-30-19-11-4-12-20-30/h1-20H,23-26H2. The van der Waals surface area contributed by atoms with E-state index in [1.165, 1.54) is 0 Å². The van der Waals surface area contributed by atoms with Gasteiger partial charge in [0.15, 0.2) is 0 Å². The minimum Gasteiger partial charge on any atom is -0.297 e. The van der Waals surface area contributed by atoms with Crippen LogP contribution in [-0.2, 0) is 24.2 Å². The highest BCUT2D eigenvalue weighted by atomic mass is 28.4. The summed E-state index contributed by atoms with van der Waals surface area (Å²) < 4.78 is 33.2. The van der Waals surface area contributed by atoms with E-state index >= 15 is 8.22 Å². The van der Waals surface area contributed by atoms with E-state index in [2.05, 4.69) is 11.1 Å². The maximum atomic E-state index is 16.6. The maximum Gasteiger partial charge on any atom is 0.330 e. The highest BCUT2D eigenvalue weighted by Crippen LogP contribution is 2.22. The zero-order chi connectivity index (χ0) is 23.7. The van der Waals surface area contributed by atoms with Gasteiger partial charge in [-0.05, 0) is 22.3 Å². The van der Waals surface area contributed by atoms with Crippen molar-refractivity contribution >= 4 is 16.8 Å². The first kappa shape index (κ1) is 23.9. The number of halogens is 2. The molecular weight excluding hydrogens is 454 g/mol. The van der Waals surface area contributed by atoms with E-state index in [1.807, 2.05) is 121 Å². The molecule has 4 heteroatoms. The van der Waals surface area contributed by atoms with Crippen LogP contribution in [0.2, 0.25) is 0 Å². The minimum absolute atomic E-state index is 0.261. The molecule has 0 spiro atoms. The zero-order valence-electron chi connectivity index (χ0n) is 19.1. The summed E-state index contributed by atoms with van der Waals surface area (Å²) in [7, 11) is -7.28. The second-order valence-electron chi connectivity index (χ2n) is 8.83. The molecule has 0 aliphatic carbocycles. The van der Waals surface area contributed by atoms with E-state index in [0.717, 1.165) is 22.3 Å². The molecule has 0 aliphatic rings. The summed E-state index contributed by atoms with van der Waals surface area (Å²) >= 11 is 0. The predicted molar refractivity (Wildman–Crippen MR) is 142 cm³/mol. The third kappa shape index (κ3) is 7.11. The molecule has 0 radical (unpaired) electrons. The molecule has 0 saturated carbocycles. The molecule has 0 atom stereocenters. The van der Waals surface area contributed by atoms with Crippen LogP contribution in [0.4, 0.5) is 8.22 Å². The smallest absolute Gasteiger partial charge is 0.297 e. The molecule has 0 unspecified atom stereocenters. The Labute approximate surface area is 203 Å². The van der Waals surface area contributed by atoms with Crippen LogP contribution in [0.15, 0.2) is 121 Å². The summed E-state index contributed by atoms with van der Waals surface area (Å²) in [6, 6.07) is 39.5. The molecule has 34 heavy (non-hydrogen) atoms. The lowest BCUT2D eigenvalue weighted by molar-refractivity contribution is 0.773. The van der Waals surface area contributed by atoms with Gasteiger partial charge in [0, 0.05) is 24.2 Å². The van der Waals surface area contributed by atoms with Gasteiger partial charge < -0.3 is 0 Å². The van der Waals surface area contributed by atoms with Gasteiger partial charge in [0.05, 0.1) is 0 Å². The van der Waals surface area contributed by atoms with E-state index in [4.69, 9.17) is 0 Å². The van der Waals surface area contributed by atoms with Crippen LogP contribution < -0.4 is 0 Å². The zero-order valence-corrected chi connectivity index (χ0v) is 21.1. The predicted octanol–water partition coefficient (Wildman–Crippen LogP) is 7.03. The number of hydrogen-bond acceptors (Lipinski definition) is 0. The van der Waals surface area contributed by atoms with Gasteiger partial charge in [-0.1, -0.05) is 132 Å². The van der Waals surface area contributed by atoms with Crippen LogP contribution in [0.5, 0.6) is 0 Å². The lowest BCUT2D eigenvalue weighted by Crippen LogP contribution is -2.39. The lowest BCUT2D eigenvalue weighted by atomic mass is 10.2. The van der Waals surface area contributed by atoms with Crippen LogP contribution in [0.3, 0.4) is 0 Å². The molecule has 4 rings (SSSR count). The van der Waals surface area contributed by atoms with Gasteiger partial charge in [-0.25, -0.2) is 0 Å². The molecule has 0 bridgehead atoms. The Morgan fingerprint density at radius 2 is 0.588 bits per heavy atom. The van der Waals surface area contributed by atoms with E-state index in [0.29, 0.717) is 0 Å². The van der Waals surface area contributed by atoms with Gasteiger partial charge >= 0.3 is 16.8 Å². The van der Waals surface area contributed by atoms with E-state index in [-0.39, 0.29) is 24.2 Å². The average molecular weight is 483 g/mol. The molecule has 4 aromatic carbocycles. The van der Waals surface area contributed by atoms with E-state index in [9.17, 15) is 0 Å². The summed E-state index contributed by atoms with van der Waals surface area (Å²) in [6.07, 6.45) is 0. The lowest BCUT2D eigenvalue weighted by Gasteiger charge is -2.20. The number of hydrogen-bond donors (Lipinski definition) is 0. The Morgan fingerprint density at radius 1 is 0.382 bits per heavy atom. The molecule has 0 aliphatic heterocycles. The Hall–Kier alpha value is -3.27. The van der Waals surface area contributed by atoms with Crippen molar-refractivity contribution in [2.75, 3.05) is 0 Å². The summed E-state index contributed by atoms with van der Waals surface area (Å²) in [6.45, 7) is 0. The van der Waals surface area contributed by atoms with Crippen molar-refractivity contribution in [3.63, 3.8) is 0 Å². The molecule has 0 amide bonds. The fourth-order valence-corrected chi connectivity index (χ4v) is 10.1. The van der Waals surface area contributed by atoms with Crippen molar-refractivity contribution < 1.29 is 8.22 Å². The van der Waals surface area contributed by atoms with Gasteiger partial charge in [0.1, 0.15) is 0 Å². The highest BCUT2D eigenvalue weighted by Gasteiger charge is 2.37. The second-order valence-corrected chi connectivity index (χ2v) is 14.6. The van der Waals surface area contributed by atoms with Crippen molar-refractivity contribution in [1.29, 1.82) is 0 Å². The van der Waals surface area contributed by atoms with E-state index in [1.54, 1.807) is 0 Å². The Kier molecular flexibility index (Phi) is 7.89. The molecule has 170 valence electrons. The third-order valence-electron chi connectivity index (χ3n) is 5.82. The van der Waals surface area contributed by atoms with Gasteiger partial charge in [0.2, 0.25) is 0 Å². The van der Waals surface area contributed by atoms with Crippen molar-refractivity contribution in [2.24, 2.45) is 0 Å². The van der Waals surface area contributed by atoms with Crippen molar-refractivity contribution in [1.82, 2.24) is 0 Å². The molecule has 0 nitrogen and oxygen atoms in total. The SMILES string of the molecule is F[Si](C#C[Si](F)(Cc1ccccc1)Cc1ccccc1)(Cc1ccccc1)Cc1ccccc1. The van der Waals surface area contributed by atoms with Crippen molar-refractivity contribution in [3.05, 3.63) is 144 Å². The Bertz CT molecular complexity index is 1040. The Balaban J connectivity index is 1.69. The summed E-state index contributed by atoms with van der Waals surface area (Å²) in [5.74, 6) is 0. The van der Waals surface area contributed by atoms with Crippen molar-refractivity contribution in [2.45, 2.75) is 24.2 Å². The average Bonchev–Trinajstić information content (AvgIpc) is 2.85. The largest absolute Gasteiger partial charge is 0.330 e. The monoisotopic (exact) mass is 482 g/mol. The third-order valence-corrected chi connectivity index (χ3v) is 11.1. The van der Waals surface area contributed by atoms with Crippen LogP contribution in [0.25, 0.3) is 0 Å². The molecule has 4 aromatic rings. The molecule has 0 N–H and O–H groups in total. The summed E-state index contributed by atoms with van der Waals surface area (Å²) in [4.78, 5) is 0. The van der Waals surface area contributed by atoms with Gasteiger partial charge in [0.25, 0.3) is 0 Å². The highest BCUT2D eigenvalue weighted by molar-refractivity contribution is 6.85. The van der Waals surface area contributed by atoms with Crippen LogP contribution in [-0.4, -0.2) is 16.8 Å². The maximum absolute atomic E-state index is 16.6. The van der Waals surface area contributed by atoms with Gasteiger partial charge in [-0.2, -0.15) is 0 Å². The Morgan fingerprint density at radius 3 is 0.794 bits per heavy atom. The normalized spacial score (nSPS) is 11.5. The summed E-state index contributed by atoms with van der Waals surface area (Å²) in [5.41, 5.74) is 9.63. The second kappa shape index (κ2) is 11.2. The molecule has 0 heterocycles. The fourth-order valence-electron chi connectivity index (χ4n) is 4.20. The quantitative estimate of drug-likeness (QED) is 0.144. The summed E-state index contributed by atoms with van der Waals surface area (Å²) in [5, 5.41) is 0. The molecule has 0 aromatic heterocycles. The first-order chi connectivity index (χ1) is 16.5. The van der Waals surface area contributed by atoms with Gasteiger partial charge in [-0.15, -0.1) is 0 Å². The molecule has 0 fully saturated rings. The van der Waals surface area contributed by atoms with Crippen LogP contribution in [0.1, 0.15) is 22.3 Å². The first-order valence-electron chi connectivity index (χ1n) is 11.6. The molecule has 0 saturated heterocycles. The number of rotatable bonds is 8. The van der Waals surface area contributed by atoms with E-state index < -0.39 is 16.8 Å². The first-order valence-corrected chi connectivity index (χ1v) is 16.2. The van der Waals surface area contributed by atoms with Crippen LogP contribution in [0, 0.1) is 11.1 Å². The number of benzene rings is 4. The van der Waals surface area contributed by atoms with Crippen LogP contribution >= 0.6 is 0 Å².